The van der Waals surface area contributed by atoms with Gasteiger partial charge in [0.05, 0.1) is 51.5 Å². The molecule has 12 rings (SSSR count). The number of ether oxygens (including phenoxy) is 4. The van der Waals surface area contributed by atoms with Gasteiger partial charge in [-0.15, -0.1) is 0 Å². The van der Waals surface area contributed by atoms with Gasteiger partial charge in [0.1, 0.15) is 29.8 Å². The maximum atomic E-state index is 16.9. The summed E-state index contributed by atoms with van der Waals surface area (Å²) >= 11 is 6.68. The van der Waals surface area contributed by atoms with Crippen LogP contribution in [0.4, 0.5) is 14.6 Å². The number of aromatic amines is 1. The molecule has 1 spiro atoms. The van der Waals surface area contributed by atoms with E-state index in [0.29, 0.717) is 60.3 Å². The highest BCUT2D eigenvalue weighted by atomic mass is 35.5. The van der Waals surface area contributed by atoms with Crippen LogP contribution in [0.1, 0.15) is 38.5 Å². The van der Waals surface area contributed by atoms with Crippen LogP contribution in [0.5, 0.6) is 11.8 Å². The summed E-state index contributed by atoms with van der Waals surface area (Å²) in [7, 11) is 0. The zero-order valence-corrected chi connectivity index (χ0v) is 25.3. The summed E-state index contributed by atoms with van der Waals surface area (Å²) in [5, 5.41) is 8.35. The zero-order chi connectivity index (χ0) is 30.3. The van der Waals surface area contributed by atoms with Gasteiger partial charge in [-0.1, -0.05) is 11.6 Å². The van der Waals surface area contributed by atoms with E-state index in [4.69, 9.17) is 35.5 Å². The van der Waals surface area contributed by atoms with Gasteiger partial charge in [-0.3, -0.25) is 15.0 Å². The first-order valence-corrected chi connectivity index (χ1v) is 16.0. The van der Waals surface area contributed by atoms with Crippen molar-refractivity contribution in [3.8, 4) is 23.0 Å². The molecule has 0 unspecified atom stereocenters. The molecule has 14 heteroatoms. The Labute approximate surface area is 262 Å². The van der Waals surface area contributed by atoms with Crippen molar-refractivity contribution in [2.45, 2.75) is 61.9 Å². The number of piperidine rings is 1. The second kappa shape index (κ2) is 10.3. The number of nitrogens with zero attached hydrogens (tertiary/aromatic N) is 6. The van der Waals surface area contributed by atoms with Crippen LogP contribution in [0.3, 0.4) is 0 Å². The van der Waals surface area contributed by atoms with Crippen LogP contribution >= 0.6 is 11.6 Å². The van der Waals surface area contributed by atoms with Crippen LogP contribution in [0.25, 0.3) is 33.1 Å². The number of halogens is 3. The third-order valence-corrected chi connectivity index (χ3v) is 10.5. The normalized spacial score (nSPS) is 29.6. The lowest BCUT2D eigenvalue weighted by atomic mass is 9.82. The monoisotopic (exact) mass is 639 g/mol. The molecule has 0 amide bonds. The highest BCUT2D eigenvalue weighted by molar-refractivity contribution is 6.33. The molecule has 11 heterocycles. The van der Waals surface area contributed by atoms with E-state index in [0.717, 1.165) is 38.6 Å². The number of anilines is 1. The molecule has 4 saturated heterocycles. The number of nitrogens with one attached hydrogen (secondary N) is 1. The van der Waals surface area contributed by atoms with Gasteiger partial charge in [-0.2, -0.15) is 15.1 Å². The predicted molar refractivity (Wildman–Crippen MR) is 161 cm³/mol. The molecule has 3 aromatic heterocycles. The lowest BCUT2D eigenvalue weighted by Gasteiger charge is -2.52. The third-order valence-electron chi connectivity index (χ3n) is 10.2. The van der Waals surface area contributed by atoms with Crippen LogP contribution in [0, 0.1) is 5.82 Å². The van der Waals surface area contributed by atoms with E-state index in [2.05, 4.69) is 30.0 Å². The minimum Gasteiger partial charge on any atom is -0.465 e. The number of H-pyrrole nitrogens is 1. The number of benzene rings is 1. The topological polar surface area (TPSA) is 111 Å². The van der Waals surface area contributed by atoms with Crippen molar-refractivity contribution in [1.82, 2.24) is 30.0 Å². The molecule has 0 saturated carbocycles. The lowest BCUT2D eigenvalue weighted by molar-refractivity contribution is -0.229. The van der Waals surface area contributed by atoms with E-state index >= 15 is 4.39 Å². The highest BCUT2D eigenvalue weighted by Crippen LogP contribution is 2.46. The Kier molecular flexibility index (Phi) is 6.39. The van der Waals surface area contributed by atoms with Crippen molar-refractivity contribution >= 4 is 39.2 Å². The average Bonchev–Trinajstić information content (AvgIpc) is 3.71. The molecular formula is C31H32ClF2N7O4. The van der Waals surface area contributed by atoms with Gasteiger partial charge < -0.3 is 23.8 Å². The minimum atomic E-state index is -0.894. The quantitative estimate of drug-likeness (QED) is 0.335. The van der Waals surface area contributed by atoms with E-state index < -0.39 is 17.5 Å². The Balaban J connectivity index is 1.21. The van der Waals surface area contributed by atoms with Crippen molar-refractivity contribution in [2.24, 2.45) is 0 Å². The number of fused-ring (bicyclic) bond motifs is 2. The number of hydrogen-bond acceptors (Lipinski definition) is 10. The summed E-state index contributed by atoms with van der Waals surface area (Å²) in [5.41, 5.74) is 0.254. The van der Waals surface area contributed by atoms with Crippen molar-refractivity contribution in [3.63, 3.8) is 0 Å². The van der Waals surface area contributed by atoms with Gasteiger partial charge >= 0.3 is 6.01 Å². The van der Waals surface area contributed by atoms with Crippen molar-refractivity contribution < 1.29 is 27.7 Å². The fourth-order valence-corrected chi connectivity index (χ4v) is 8.50. The van der Waals surface area contributed by atoms with E-state index in [-0.39, 0.29) is 53.1 Å². The summed E-state index contributed by atoms with van der Waals surface area (Å²) < 4.78 is 56.0. The van der Waals surface area contributed by atoms with Crippen LogP contribution in [-0.4, -0.2) is 99.7 Å². The fraction of sp³-hybridized carbons (Fsp3) is 0.548. The Morgan fingerprint density at radius 3 is 2.93 bits per heavy atom. The molecule has 4 fully saturated rings. The van der Waals surface area contributed by atoms with Gasteiger partial charge in [0.15, 0.2) is 18.4 Å². The largest absolute Gasteiger partial charge is 0.465 e. The molecule has 236 valence electrons. The van der Waals surface area contributed by atoms with E-state index in [1.54, 1.807) is 18.5 Å². The van der Waals surface area contributed by atoms with Crippen molar-refractivity contribution in [3.05, 3.63) is 29.3 Å². The number of alkyl halides is 1. The van der Waals surface area contributed by atoms with E-state index in [9.17, 15) is 4.39 Å². The number of aromatic nitrogens is 5. The highest BCUT2D eigenvalue weighted by Gasteiger charge is 2.50. The Morgan fingerprint density at radius 2 is 2.02 bits per heavy atom. The predicted octanol–water partition coefficient (Wildman–Crippen LogP) is 4.81. The Hall–Kier alpha value is -3.39. The Morgan fingerprint density at radius 1 is 1.13 bits per heavy atom. The molecule has 0 aliphatic carbocycles. The van der Waals surface area contributed by atoms with Crippen molar-refractivity contribution in [2.75, 3.05) is 51.1 Å². The second-order valence-corrected chi connectivity index (χ2v) is 13.5. The molecule has 45 heavy (non-hydrogen) atoms. The molecule has 1 N–H and O–H groups in total. The van der Waals surface area contributed by atoms with Crippen LogP contribution in [0.2, 0.25) is 5.02 Å². The zero-order valence-electron chi connectivity index (χ0n) is 24.5. The summed E-state index contributed by atoms with van der Waals surface area (Å²) in [6.45, 7) is 3.03. The fourth-order valence-electron chi connectivity index (χ4n) is 8.24. The third kappa shape index (κ3) is 4.45. The van der Waals surface area contributed by atoms with E-state index in [1.165, 1.54) is 0 Å². The second-order valence-electron chi connectivity index (χ2n) is 13.1. The van der Waals surface area contributed by atoms with Crippen molar-refractivity contribution in [1.29, 1.82) is 0 Å². The first-order chi connectivity index (χ1) is 21.9. The van der Waals surface area contributed by atoms with E-state index in [1.807, 2.05) is 0 Å². The maximum Gasteiger partial charge on any atom is 0.319 e. The first-order valence-electron chi connectivity index (χ1n) is 15.6. The molecular weight excluding hydrogens is 608 g/mol. The number of rotatable bonds is 3. The molecule has 4 atom stereocenters. The van der Waals surface area contributed by atoms with Gasteiger partial charge in [0.25, 0.3) is 0 Å². The minimum absolute atomic E-state index is 0.00650. The summed E-state index contributed by atoms with van der Waals surface area (Å²) in [5.74, 6) is 0.0953. The van der Waals surface area contributed by atoms with Crippen LogP contribution < -0.4 is 14.4 Å². The molecule has 8 aliphatic rings. The lowest BCUT2D eigenvalue weighted by Crippen LogP contribution is -2.61. The molecule has 8 aliphatic heterocycles. The standard InChI is InChI=1S/C31H32ClF2N7O4/c32-21-7-22-19(11-36-39-22)23-26-24(34)25-20(10-35-26)28(38-29(37-25)43-15-30-3-1-6-41(30)12-17(33)8-30)40-5-2-4-31(14-40)9-18(45-31)13-42-16-44-27(21)23/h7,10-11,17-18H,1-6,8-9,12-16H2,(H,36,39)/t17-,18-,30+,31+/m1/s1. The maximum absolute atomic E-state index is 16.9. The van der Waals surface area contributed by atoms with Crippen LogP contribution in [-0.2, 0) is 9.47 Å². The number of hydrogen-bond donors (Lipinski definition) is 1. The molecule has 1 aromatic carbocycles. The van der Waals surface area contributed by atoms with Gasteiger partial charge in [-0.05, 0) is 38.3 Å². The summed E-state index contributed by atoms with van der Waals surface area (Å²) in [6.07, 6.45) is 7.07. The molecule has 0 radical (unpaired) electrons. The van der Waals surface area contributed by atoms with Gasteiger partial charge in [-0.25, -0.2) is 8.78 Å². The SMILES string of the molecule is Fc1c2ncc3c(nc(OC[C@@]45CCCN4C[C@H](F)C5)nc13)N1CCC[C@]3(C[C@H](COCOc4c(Cl)cc5[nH]ncc5c4-2)O3)C1. The first kappa shape index (κ1) is 27.9. The molecule has 7 bridgehead atoms. The molecule has 11 nitrogen and oxygen atoms in total. The van der Waals surface area contributed by atoms with Crippen LogP contribution in [0.15, 0.2) is 18.5 Å². The van der Waals surface area contributed by atoms with Gasteiger partial charge in [0.2, 0.25) is 0 Å². The molecule has 4 aromatic rings. The Bertz CT molecular complexity index is 1820. The smallest absolute Gasteiger partial charge is 0.319 e. The summed E-state index contributed by atoms with van der Waals surface area (Å²) in [6, 6.07) is 1.73. The average molecular weight is 640 g/mol. The number of pyridine rings is 1. The van der Waals surface area contributed by atoms with Gasteiger partial charge in [0, 0.05) is 44.1 Å². The summed E-state index contributed by atoms with van der Waals surface area (Å²) in [4.78, 5) is 18.4.